The molecule has 0 aliphatic rings. The Morgan fingerprint density at radius 2 is 2.00 bits per heavy atom. The fraction of sp³-hybridized carbons (Fsp3) is 0.308. The Bertz CT molecular complexity index is 483. The molecule has 0 saturated carbocycles. The van der Waals surface area contributed by atoms with Gasteiger partial charge in [0.25, 0.3) is 0 Å². The number of carbonyl (C=O) groups excluding carboxylic acids is 1. The predicted molar refractivity (Wildman–Crippen MR) is 78.5 cm³/mol. The lowest BCUT2D eigenvalue weighted by Gasteiger charge is -2.10. The van der Waals surface area contributed by atoms with Gasteiger partial charge in [-0.3, -0.25) is 0 Å². The van der Waals surface area contributed by atoms with Gasteiger partial charge in [-0.05, 0) is 29.3 Å². The maximum atomic E-state index is 11.5. The normalized spacial score (nSPS) is 12.1. The molecular formula is C13H16N2O2S2. The van der Waals surface area contributed by atoms with Gasteiger partial charge in [0, 0.05) is 16.3 Å². The molecule has 3 N–H and O–H groups in total. The van der Waals surface area contributed by atoms with Crippen LogP contribution in [0.4, 0.5) is 4.79 Å². The molecule has 4 nitrogen and oxygen atoms in total. The Hall–Kier alpha value is -1.37. The summed E-state index contributed by atoms with van der Waals surface area (Å²) in [5.74, 6) is 0. The van der Waals surface area contributed by atoms with E-state index in [0.717, 1.165) is 9.75 Å². The van der Waals surface area contributed by atoms with E-state index in [9.17, 15) is 9.90 Å². The third kappa shape index (κ3) is 4.66. The maximum Gasteiger partial charge on any atom is 0.315 e. The van der Waals surface area contributed by atoms with Gasteiger partial charge in [0.15, 0.2) is 0 Å². The van der Waals surface area contributed by atoms with Gasteiger partial charge in [0.05, 0.1) is 12.6 Å². The second-order valence-electron chi connectivity index (χ2n) is 4.01. The Balaban J connectivity index is 1.61. The first-order chi connectivity index (χ1) is 9.25. The number of hydrogen-bond acceptors (Lipinski definition) is 4. The highest BCUT2D eigenvalue weighted by molar-refractivity contribution is 7.10. The molecule has 2 aromatic rings. The molecule has 0 unspecified atom stereocenters. The van der Waals surface area contributed by atoms with Crippen LogP contribution in [0.2, 0.25) is 0 Å². The first-order valence-corrected chi connectivity index (χ1v) is 7.77. The fourth-order valence-corrected chi connectivity index (χ4v) is 2.98. The lowest BCUT2D eigenvalue weighted by molar-refractivity contribution is 0.170. The van der Waals surface area contributed by atoms with Gasteiger partial charge in [-0.15, -0.1) is 22.7 Å². The summed E-state index contributed by atoms with van der Waals surface area (Å²) >= 11 is 3.13. The van der Waals surface area contributed by atoms with Crippen LogP contribution >= 0.6 is 22.7 Å². The van der Waals surface area contributed by atoms with Crippen LogP contribution in [0.15, 0.2) is 35.0 Å². The van der Waals surface area contributed by atoms with Crippen molar-refractivity contribution in [1.82, 2.24) is 10.6 Å². The highest BCUT2D eigenvalue weighted by Crippen LogP contribution is 2.20. The lowest BCUT2D eigenvalue weighted by Crippen LogP contribution is -2.35. The van der Waals surface area contributed by atoms with Crippen LogP contribution < -0.4 is 10.6 Å². The standard InChI is InChI=1S/C13H16N2O2S2/c16-11(12-4-2-8-19-12)5-6-14-13(17)15-9-10-3-1-7-18-10/h1-4,7-8,11,16H,5-6,9H2,(H2,14,15,17)/t11-/m0/s1. The Kier molecular flexibility index (Phi) is 5.38. The van der Waals surface area contributed by atoms with Crippen molar-refractivity contribution in [3.63, 3.8) is 0 Å². The summed E-state index contributed by atoms with van der Waals surface area (Å²) in [7, 11) is 0. The number of urea groups is 1. The van der Waals surface area contributed by atoms with Crippen molar-refractivity contribution in [2.45, 2.75) is 19.1 Å². The first kappa shape index (κ1) is 14.0. The molecule has 2 heterocycles. The third-order valence-corrected chi connectivity index (χ3v) is 4.43. The summed E-state index contributed by atoms with van der Waals surface area (Å²) in [6.07, 6.45) is 0.0185. The second-order valence-corrected chi connectivity index (χ2v) is 6.02. The number of nitrogens with one attached hydrogen (secondary N) is 2. The average Bonchev–Trinajstić information content (AvgIpc) is 3.09. The van der Waals surface area contributed by atoms with Crippen LogP contribution in [0.5, 0.6) is 0 Å². The van der Waals surface area contributed by atoms with E-state index in [1.807, 2.05) is 35.0 Å². The quantitative estimate of drug-likeness (QED) is 0.767. The van der Waals surface area contributed by atoms with Crippen LogP contribution in [-0.2, 0) is 6.54 Å². The monoisotopic (exact) mass is 296 g/mol. The molecule has 6 heteroatoms. The number of carbonyl (C=O) groups is 1. The first-order valence-electron chi connectivity index (χ1n) is 6.01. The molecule has 0 aromatic carbocycles. The average molecular weight is 296 g/mol. The summed E-state index contributed by atoms with van der Waals surface area (Å²) in [5, 5.41) is 19.3. The molecule has 0 spiro atoms. The smallest absolute Gasteiger partial charge is 0.315 e. The highest BCUT2D eigenvalue weighted by Gasteiger charge is 2.08. The minimum Gasteiger partial charge on any atom is -0.388 e. The van der Waals surface area contributed by atoms with Crippen LogP contribution in [-0.4, -0.2) is 17.7 Å². The van der Waals surface area contributed by atoms with Crippen molar-refractivity contribution in [1.29, 1.82) is 0 Å². The molecule has 0 aliphatic carbocycles. The van der Waals surface area contributed by atoms with Crippen LogP contribution in [0.3, 0.4) is 0 Å². The highest BCUT2D eigenvalue weighted by atomic mass is 32.1. The molecule has 102 valence electrons. The Morgan fingerprint density at radius 1 is 1.21 bits per heavy atom. The topological polar surface area (TPSA) is 61.4 Å². The van der Waals surface area contributed by atoms with E-state index in [0.29, 0.717) is 19.5 Å². The molecule has 2 aromatic heterocycles. The minimum absolute atomic E-state index is 0.202. The van der Waals surface area contributed by atoms with Gasteiger partial charge in [0.1, 0.15) is 0 Å². The molecule has 2 amide bonds. The van der Waals surface area contributed by atoms with Gasteiger partial charge in [0.2, 0.25) is 0 Å². The van der Waals surface area contributed by atoms with Gasteiger partial charge < -0.3 is 15.7 Å². The molecule has 0 fully saturated rings. The Labute approximate surface area is 120 Å². The summed E-state index contributed by atoms with van der Waals surface area (Å²) in [5.41, 5.74) is 0. The molecule has 2 rings (SSSR count). The van der Waals surface area contributed by atoms with Gasteiger partial charge in [-0.1, -0.05) is 12.1 Å². The number of aliphatic hydroxyl groups is 1. The Morgan fingerprint density at radius 3 is 2.68 bits per heavy atom. The van der Waals surface area contributed by atoms with E-state index in [1.54, 1.807) is 11.3 Å². The molecular weight excluding hydrogens is 280 g/mol. The molecule has 0 aliphatic heterocycles. The summed E-state index contributed by atoms with van der Waals surface area (Å²) in [4.78, 5) is 13.6. The van der Waals surface area contributed by atoms with Crippen molar-refractivity contribution in [3.05, 3.63) is 44.8 Å². The van der Waals surface area contributed by atoms with Gasteiger partial charge in [-0.25, -0.2) is 4.79 Å². The fourth-order valence-electron chi connectivity index (χ4n) is 1.59. The minimum atomic E-state index is -0.502. The molecule has 0 bridgehead atoms. The van der Waals surface area contributed by atoms with Crippen LogP contribution in [0.25, 0.3) is 0 Å². The summed E-state index contributed by atoms with van der Waals surface area (Å²) in [6.45, 7) is 0.992. The van der Waals surface area contributed by atoms with E-state index in [4.69, 9.17) is 0 Å². The maximum absolute atomic E-state index is 11.5. The van der Waals surface area contributed by atoms with Crippen molar-refractivity contribution in [2.24, 2.45) is 0 Å². The number of aliphatic hydroxyl groups excluding tert-OH is 1. The number of rotatable bonds is 6. The number of thiophene rings is 2. The molecule has 0 radical (unpaired) electrons. The molecule has 19 heavy (non-hydrogen) atoms. The van der Waals surface area contributed by atoms with E-state index >= 15 is 0 Å². The SMILES string of the molecule is O=C(NCC[C@H](O)c1cccs1)NCc1cccs1. The largest absolute Gasteiger partial charge is 0.388 e. The zero-order chi connectivity index (χ0) is 13.5. The number of amides is 2. The molecule has 0 saturated heterocycles. The van der Waals surface area contributed by atoms with Crippen molar-refractivity contribution < 1.29 is 9.90 Å². The van der Waals surface area contributed by atoms with Crippen molar-refractivity contribution in [2.75, 3.05) is 6.54 Å². The van der Waals surface area contributed by atoms with Crippen LogP contribution in [0.1, 0.15) is 22.3 Å². The van der Waals surface area contributed by atoms with E-state index in [1.165, 1.54) is 11.3 Å². The van der Waals surface area contributed by atoms with E-state index in [-0.39, 0.29) is 6.03 Å². The number of hydrogen-bond donors (Lipinski definition) is 3. The van der Waals surface area contributed by atoms with E-state index < -0.39 is 6.10 Å². The summed E-state index contributed by atoms with van der Waals surface area (Å²) < 4.78 is 0. The zero-order valence-corrected chi connectivity index (χ0v) is 12.0. The van der Waals surface area contributed by atoms with Gasteiger partial charge >= 0.3 is 6.03 Å². The summed E-state index contributed by atoms with van der Waals surface area (Å²) in [6, 6.07) is 7.53. The second kappa shape index (κ2) is 7.28. The van der Waals surface area contributed by atoms with Gasteiger partial charge in [-0.2, -0.15) is 0 Å². The van der Waals surface area contributed by atoms with Crippen molar-refractivity contribution >= 4 is 28.7 Å². The molecule has 1 atom stereocenters. The lowest BCUT2D eigenvalue weighted by atomic mass is 10.2. The predicted octanol–water partition coefficient (Wildman–Crippen LogP) is 2.73. The zero-order valence-electron chi connectivity index (χ0n) is 10.3. The van der Waals surface area contributed by atoms with E-state index in [2.05, 4.69) is 10.6 Å². The third-order valence-electron chi connectivity index (χ3n) is 2.58. The van der Waals surface area contributed by atoms with Crippen LogP contribution in [0, 0.1) is 0 Å². The van der Waals surface area contributed by atoms with Crippen molar-refractivity contribution in [3.8, 4) is 0 Å².